The normalized spacial score (nSPS) is 17.1. The maximum atomic E-state index is 12.8. The van der Waals surface area contributed by atoms with E-state index >= 15 is 0 Å². The second-order valence-corrected chi connectivity index (χ2v) is 9.54. The first-order valence-corrected chi connectivity index (χ1v) is 10.2. The summed E-state index contributed by atoms with van der Waals surface area (Å²) in [5.41, 5.74) is 5.64. The fraction of sp³-hybridized carbons (Fsp3) is 0.611. The van der Waals surface area contributed by atoms with Gasteiger partial charge >= 0.3 is 0 Å². The van der Waals surface area contributed by atoms with Crippen molar-refractivity contribution in [1.82, 2.24) is 4.72 Å². The van der Waals surface area contributed by atoms with Gasteiger partial charge in [0.25, 0.3) is 0 Å². The highest BCUT2D eigenvalue weighted by Gasteiger charge is 2.39. The van der Waals surface area contributed by atoms with Crippen LogP contribution in [0.25, 0.3) is 0 Å². The molecule has 1 saturated heterocycles. The first kappa shape index (κ1) is 23.8. The highest BCUT2D eigenvalue weighted by Crippen LogP contribution is 2.31. The smallest absolute Gasteiger partial charge is 0.241 e. The molecule has 0 aliphatic carbocycles. The molecule has 9 heteroatoms. The van der Waals surface area contributed by atoms with Crippen molar-refractivity contribution in [3.8, 4) is 0 Å². The van der Waals surface area contributed by atoms with Crippen LogP contribution < -0.4 is 15.8 Å². The molecule has 1 fully saturated rings. The number of halogens is 1. The van der Waals surface area contributed by atoms with Crippen LogP contribution in [-0.2, 0) is 19.6 Å². The molecule has 4 N–H and O–H groups in total. The molecule has 7 nitrogen and oxygen atoms in total. The number of carbonyl (C=O) groups is 1. The van der Waals surface area contributed by atoms with Crippen molar-refractivity contribution in [3.63, 3.8) is 0 Å². The summed E-state index contributed by atoms with van der Waals surface area (Å²) in [5, 5.41) is 2.84. The van der Waals surface area contributed by atoms with Gasteiger partial charge in [-0.05, 0) is 58.2 Å². The van der Waals surface area contributed by atoms with E-state index in [-0.39, 0.29) is 29.8 Å². The molecule has 0 radical (unpaired) electrons. The van der Waals surface area contributed by atoms with E-state index in [1.807, 2.05) is 0 Å². The zero-order valence-electron chi connectivity index (χ0n) is 16.3. The summed E-state index contributed by atoms with van der Waals surface area (Å²) >= 11 is 0. The maximum Gasteiger partial charge on any atom is 0.241 e. The van der Waals surface area contributed by atoms with Gasteiger partial charge in [-0.1, -0.05) is 6.07 Å². The molecule has 1 heterocycles. The first-order chi connectivity index (χ1) is 12.0. The van der Waals surface area contributed by atoms with Crippen LogP contribution in [0.2, 0.25) is 0 Å². The first-order valence-electron chi connectivity index (χ1n) is 8.73. The minimum atomic E-state index is -3.70. The number of carbonyl (C=O) groups excluding carboxylic acids is 1. The highest BCUT2D eigenvalue weighted by atomic mass is 35.5. The van der Waals surface area contributed by atoms with Crippen molar-refractivity contribution in [2.24, 2.45) is 11.1 Å². The fourth-order valence-corrected chi connectivity index (χ4v) is 4.67. The molecule has 154 valence electrons. The van der Waals surface area contributed by atoms with Crippen LogP contribution in [0.1, 0.15) is 39.2 Å². The molecule has 1 aromatic carbocycles. The van der Waals surface area contributed by atoms with Gasteiger partial charge in [-0.15, -0.1) is 12.4 Å². The third kappa shape index (κ3) is 5.89. The van der Waals surface area contributed by atoms with Crippen molar-refractivity contribution in [2.75, 3.05) is 25.1 Å². The van der Waals surface area contributed by atoms with Crippen molar-refractivity contribution in [3.05, 3.63) is 23.8 Å². The lowest BCUT2D eigenvalue weighted by atomic mass is 9.79. The minimum absolute atomic E-state index is 0. The number of ether oxygens (including phenoxy) is 1. The predicted octanol–water partition coefficient (Wildman–Crippen LogP) is 2.19. The number of nitrogens with two attached hydrogens (primary N) is 1. The molecule has 0 atom stereocenters. The summed E-state index contributed by atoms with van der Waals surface area (Å²) in [7, 11) is -3.70. The van der Waals surface area contributed by atoms with Gasteiger partial charge in [0, 0.05) is 31.0 Å². The van der Waals surface area contributed by atoms with Gasteiger partial charge in [-0.3, -0.25) is 4.79 Å². The van der Waals surface area contributed by atoms with E-state index in [4.69, 9.17) is 10.5 Å². The zero-order valence-corrected chi connectivity index (χ0v) is 17.9. The van der Waals surface area contributed by atoms with E-state index in [2.05, 4.69) is 10.0 Å². The Kier molecular flexibility index (Phi) is 7.84. The van der Waals surface area contributed by atoms with Crippen LogP contribution in [-0.4, -0.2) is 39.6 Å². The Morgan fingerprint density at radius 3 is 2.37 bits per heavy atom. The average Bonchev–Trinajstić information content (AvgIpc) is 2.54. The Morgan fingerprint density at radius 2 is 1.85 bits per heavy atom. The summed E-state index contributed by atoms with van der Waals surface area (Å²) in [6.07, 6.45) is 1.11. The average molecular weight is 420 g/mol. The lowest BCUT2D eigenvalue weighted by Crippen LogP contribution is -2.46. The molecule has 0 bridgehead atoms. The molecule has 1 aliphatic heterocycles. The van der Waals surface area contributed by atoms with E-state index in [0.717, 1.165) is 0 Å². The van der Waals surface area contributed by atoms with Crippen LogP contribution in [0.3, 0.4) is 0 Å². The monoisotopic (exact) mass is 419 g/mol. The summed E-state index contributed by atoms with van der Waals surface area (Å²) in [6, 6.07) is 4.88. The fourth-order valence-electron chi connectivity index (χ4n) is 2.98. The summed E-state index contributed by atoms with van der Waals surface area (Å²) in [4.78, 5) is 12.9. The van der Waals surface area contributed by atoms with E-state index < -0.39 is 21.0 Å². The summed E-state index contributed by atoms with van der Waals surface area (Å²) < 4.78 is 33.3. The molecule has 0 unspecified atom stereocenters. The summed E-state index contributed by atoms with van der Waals surface area (Å²) in [5.74, 6) is -0.195. The molecule has 0 aromatic heterocycles. The van der Waals surface area contributed by atoms with Crippen molar-refractivity contribution >= 4 is 34.0 Å². The topological polar surface area (TPSA) is 111 Å². The van der Waals surface area contributed by atoms with E-state index in [0.29, 0.717) is 37.3 Å². The third-order valence-electron chi connectivity index (χ3n) is 4.50. The predicted molar refractivity (Wildman–Crippen MR) is 109 cm³/mol. The van der Waals surface area contributed by atoms with Gasteiger partial charge in [-0.25, -0.2) is 13.1 Å². The van der Waals surface area contributed by atoms with Crippen molar-refractivity contribution in [2.45, 2.75) is 51.0 Å². The highest BCUT2D eigenvalue weighted by molar-refractivity contribution is 7.89. The number of amides is 1. The van der Waals surface area contributed by atoms with E-state index in [1.165, 1.54) is 6.07 Å². The Balaban J connectivity index is 0.00000364. The van der Waals surface area contributed by atoms with Crippen molar-refractivity contribution in [1.29, 1.82) is 0 Å². The molecule has 0 saturated carbocycles. The molecular weight excluding hydrogens is 390 g/mol. The minimum Gasteiger partial charge on any atom is -0.381 e. The molecule has 1 aromatic rings. The van der Waals surface area contributed by atoms with Crippen LogP contribution in [0.5, 0.6) is 0 Å². The standard InChI is InChI=1S/C18H29N3O4S.ClH/c1-13-5-6-14(11-15(13)26(23,24)21-17(2,3)4)20-16(22)18(12-19)7-9-25-10-8-18;/h5-6,11,21H,7-10,12,19H2,1-4H3,(H,20,22);1H. The summed E-state index contributed by atoms with van der Waals surface area (Å²) in [6.45, 7) is 8.28. The number of nitrogens with one attached hydrogen (secondary N) is 2. The SMILES string of the molecule is Cc1ccc(NC(=O)C2(CN)CCOCC2)cc1S(=O)(=O)NC(C)(C)C.Cl. The van der Waals surface area contributed by atoms with Crippen LogP contribution in [0.4, 0.5) is 5.69 Å². The number of rotatable bonds is 5. The Hall–Kier alpha value is -1.19. The Bertz CT molecular complexity index is 769. The second kappa shape index (κ2) is 8.87. The number of anilines is 1. The van der Waals surface area contributed by atoms with Gasteiger partial charge < -0.3 is 15.8 Å². The van der Waals surface area contributed by atoms with Crippen LogP contribution in [0.15, 0.2) is 23.1 Å². The van der Waals surface area contributed by atoms with Gasteiger partial charge in [-0.2, -0.15) is 0 Å². The molecule has 27 heavy (non-hydrogen) atoms. The molecular formula is C18H30ClN3O4S. The van der Waals surface area contributed by atoms with Gasteiger partial charge in [0.2, 0.25) is 15.9 Å². The number of sulfonamides is 1. The third-order valence-corrected chi connectivity index (χ3v) is 6.40. The Morgan fingerprint density at radius 1 is 1.26 bits per heavy atom. The number of hydrogen-bond donors (Lipinski definition) is 3. The van der Waals surface area contributed by atoms with E-state index in [1.54, 1.807) is 39.8 Å². The molecule has 0 spiro atoms. The zero-order chi connectivity index (χ0) is 19.6. The Labute approximate surface area is 167 Å². The quantitative estimate of drug-likeness (QED) is 0.677. The number of aryl methyl sites for hydroxylation is 1. The van der Waals surface area contributed by atoms with Crippen LogP contribution >= 0.6 is 12.4 Å². The number of benzene rings is 1. The lowest BCUT2D eigenvalue weighted by Gasteiger charge is -2.34. The van der Waals surface area contributed by atoms with Crippen LogP contribution in [0, 0.1) is 12.3 Å². The van der Waals surface area contributed by atoms with Gasteiger partial charge in [0.1, 0.15) is 0 Å². The maximum absolute atomic E-state index is 12.8. The largest absolute Gasteiger partial charge is 0.381 e. The molecule has 2 rings (SSSR count). The van der Waals surface area contributed by atoms with Crippen molar-refractivity contribution < 1.29 is 17.9 Å². The number of hydrogen-bond acceptors (Lipinski definition) is 5. The molecule has 1 aliphatic rings. The molecule has 1 amide bonds. The van der Waals surface area contributed by atoms with E-state index in [9.17, 15) is 13.2 Å². The van der Waals surface area contributed by atoms with Gasteiger partial charge in [0.05, 0.1) is 10.3 Å². The lowest BCUT2D eigenvalue weighted by molar-refractivity contribution is -0.130. The van der Waals surface area contributed by atoms with Gasteiger partial charge in [0.15, 0.2) is 0 Å². The second-order valence-electron chi connectivity index (χ2n) is 7.89.